The van der Waals surface area contributed by atoms with Gasteiger partial charge in [0.15, 0.2) is 5.78 Å². The van der Waals surface area contributed by atoms with Gasteiger partial charge in [0, 0.05) is 12.6 Å². The largest absolute Gasteiger partial charge is 0.378 e. The summed E-state index contributed by atoms with van der Waals surface area (Å²) in [5.74, 6) is -1.66. The van der Waals surface area contributed by atoms with Crippen LogP contribution in [0.3, 0.4) is 0 Å². The molecule has 0 saturated carbocycles. The minimum Gasteiger partial charge on any atom is -0.378 e. The first kappa shape index (κ1) is 14.1. The highest BCUT2D eigenvalue weighted by Gasteiger charge is 2.24. The van der Waals surface area contributed by atoms with E-state index in [1.807, 2.05) is 11.8 Å². The van der Waals surface area contributed by atoms with Gasteiger partial charge in [-0.25, -0.2) is 8.78 Å². The molecule has 3 nitrogen and oxygen atoms in total. The van der Waals surface area contributed by atoms with Gasteiger partial charge < -0.3 is 4.74 Å². The first-order valence-corrected chi connectivity index (χ1v) is 6.42. The van der Waals surface area contributed by atoms with E-state index >= 15 is 0 Å². The molecule has 1 aliphatic rings. The molecule has 0 aliphatic carbocycles. The highest BCUT2D eigenvalue weighted by Crippen LogP contribution is 2.14. The average Bonchev–Trinajstić information content (AvgIpc) is 2.42. The molecule has 1 aromatic rings. The number of morpholine rings is 1. The third-order valence-electron chi connectivity index (χ3n) is 3.40. The molecular formula is C14H17F2NO2. The summed E-state index contributed by atoms with van der Waals surface area (Å²) in [7, 11) is 0. The molecule has 104 valence electrons. The molecule has 1 unspecified atom stereocenters. The Morgan fingerprint density at radius 2 is 2.26 bits per heavy atom. The number of nitrogens with zero attached hydrogens (tertiary/aromatic N) is 1. The van der Waals surface area contributed by atoms with E-state index in [1.54, 1.807) is 0 Å². The molecular weight excluding hydrogens is 252 g/mol. The van der Waals surface area contributed by atoms with Crippen LogP contribution in [0, 0.1) is 11.6 Å². The number of ketones is 1. The zero-order chi connectivity index (χ0) is 13.8. The van der Waals surface area contributed by atoms with Crippen molar-refractivity contribution in [2.75, 3.05) is 26.3 Å². The van der Waals surface area contributed by atoms with E-state index in [0.717, 1.165) is 24.6 Å². The smallest absolute Gasteiger partial charge is 0.179 e. The lowest BCUT2D eigenvalue weighted by Gasteiger charge is -2.34. The number of carbonyl (C=O) groups is 1. The lowest BCUT2D eigenvalue weighted by atomic mass is 10.1. The highest BCUT2D eigenvalue weighted by atomic mass is 19.1. The summed E-state index contributed by atoms with van der Waals surface area (Å²) in [6.45, 7) is 3.90. The van der Waals surface area contributed by atoms with Crippen LogP contribution in [0.2, 0.25) is 0 Å². The Bertz CT molecular complexity index is 465. The summed E-state index contributed by atoms with van der Waals surface area (Å²) in [5, 5.41) is 0. The van der Waals surface area contributed by atoms with Gasteiger partial charge in [-0.2, -0.15) is 0 Å². The number of benzene rings is 1. The number of ether oxygens (including phenoxy) is 1. The van der Waals surface area contributed by atoms with Crippen molar-refractivity contribution < 1.29 is 18.3 Å². The van der Waals surface area contributed by atoms with Crippen LogP contribution in [0.15, 0.2) is 18.2 Å². The van der Waals surface area contributed by atoms with E-state index in [4.69, 9.17) is 4.74 Å². The molecule has 1 saturated heterocycles. The van der Waals surface area contributed by atoms with Gasteiger partial charge in [-0.3, -0.25) is 9.69 Å². The molecule has 0 radical (unpaired) electrons. The van der Waals surface area contributed by atoms with Crippen molar-refractivity contribution in [3.05, 3.63) is 35.4 Å². The number of Topliss-reactive ketones (excluding diaryl/α,β-unsaturated/α-hetero) is 1. The summed E-state index contributed by atoms with van der Waals surface area (Å²) in [6, 6.07) is 3.11. The van der Waals surface area contributed by atoms with E-state index in [9.17, 15) is 13.6 Å². The summed E-state index contributed by atoms with van der Waals surface area (Å²) < 4.78 is 31.9. The van der Waals surface area contributed by atoms with Crippen LogP contribution in [0.25, 0.3) is 0 Å². The van der Waals surface area contributed by atoms with Gasteiger partial charge in [0.05, 0.1) is 25.3 Å². The van der Waals surface area contributed by atoms with Crippen LogP contribution in [0.1, 0.15) is 23.7 Å². The molecule has 19 heavy (non-hydrogen) atoms. The zero-order valence-electron chi connectivity index (χ0n) is 10.9. The van der Waals surface area contributed by atoms with Gasteiger partial charge in [0.25, 0.3) is 0 Å². The lowest BCUT2D eigenvalue weighted by Crippen LogP contribution is -2.47. The molecule has 0 bridgehead atoms. The summed E-state index contributed by atoms with van der Waals surface area (Å²) in [4.78, 5) is 14.0. The second-order valence-electron chi connectivity index (χ2n) is 4.65. The van der Waals surface area contributed by atoms with Gasteiger partial charge in [-0.05, 0) is 24.6 Å². The quantitative estimate of drug-likeness (QED) is 0.785. The van der Waals surface area contributed by atoms with Crippen molar-refractivity contribution in [1.82, 2.24) is 4.90 Å². The molecule has 0 aromatic heterocycles. The Hall–Kier alpha value is -1.33. The minimum atomic E-state index is -0.673. The number of hydrogen-bond acceptors (Lipinski definition) is 3. The Balaban J connectivity index is 2.09. The van der Waals surface area contributed by atoms with E-state index < -0.39 is 17.4 Å². The second-order valence-corrected chi connectivity index (χ2v) is 4.65. The van der Waals surface area contributed by atoms with Crippen LogP contribution < -0.4 is 0 Å². The Morgan fingerprint density at radius 3 is 3.00 bits per heavy atom. The van der Waals surface area contributed by atoms with E-state index in [1.165, 1.54) is 0 Å². The summed E-state index contributed by atoms with van der Waals surface area (Å²) in [5.41, 5.74) is -0.179. The van der Waals surface area contributed by atoms with Crippen LogP contribution in [-0.4, -0.2) is 43.0 Å². The molecule has 0 N–H and O–H groups in total. The Kier molecular flexibility index (Phi) is 4.61. The van der Waals surface area contributed by atoms with Gasteiger partial charge in [-0.1, -0.05) is 6.92 Å². The van der Waals surface area contributed by atoms with Gasteiger partial charge in [0.1, 0.15) is 11.6 Å². The van der Waals surface area contributed by atoms with Gasteiger partial charge in [-0.15, -0.1) is 0 Å². The number of halogens is 2. The maximum Gasteiger partial charge on any atom is 0.179 e. The SMILES string of the molecule is CCC1COCCN1CC(=O)c1cc(F)ccc1F. The fourth-order valence-electron chi connectivity index (χ4n) is 2.25. The van der Waals surface area contributed by atoms with Crippen molar-refractivity contribution in [2.45, 2.75) is 19.4 Å². The van der Waals surface area contributed by atoms with Crippen LogP contribution >= 0.6 is 0 Å². The van der Waals surface area contributed by atoms with Crippen LogP contribution in [0.4, 0.5) is 8.78 Å². The standard InChI is InChI=1S/C14H17F2NO2/c1-2-11-9-19-6-5-17(11)8-14(18)12-7-10(15)3-4-13(12)16/h3-4,7,11H,2,5-6,8-9H2,1H3. The third-order valence-corrected chi connectivity index (χ3v) is 3.40. The number of carbonyl (C=O) groups excluding carboxylic acids is 1. The van der Waals surface area contributed by atoms with Crippen molar-refractivity contribution in [3.8, 4) is 0 Å². The van der Waals surface area contributed by atoms with Crippen molar-refractivity contribution in [3.63, 3.8) is 0 Å². The maximum absolute atomic E-state index is 13.5. The maximum atomic E-state index is 13.5. The molecule has 1 heterocycles. The predicted octanol–water partition coefficient (Wildman–Crippen LogP) is 2.26. The molecule has 5 heteroatoms. The molecule has 1 fully saturated rings. The second kappa shape index (κ2) is 6.21. The molecule has 0 spiro atoms. The summed E-state index contributed by atoms with van der Waals surface area (Å²) >= 11 is 0. The van der Waals surface area contributed by atoms with Crippen molar-refractivity contribution in [2.24, 2.45) is 0 Å². The van der Waals surface area contributed by atoms with Crippen molar-refractivity contribution >= 4 is 5.78 Å². The zero-order valence-corrected chi connectivity index (χ0v) is 10.9. The first-order valence-electron chi connectivity index (χ1n) is 6.42. The van der Waals surface area contributed by atoms with E-state index in [-0.39, 0.29) is 18.2 Å². The Morgan fingerprint density at radius 1 is 1.47 bits per heavy atom. The van der Waals surface area contributed by atoms with Gasteiger partial charge in [0.2, 0.25) is 0 Å². The van der Waals surface area contributed by atoms with Crippen LogP contribution in [0.5, 0.6) is 0 Å². The van der Waals surface area contributed by atoms with Crippen molar-refractivity contribution in [1.29, 1.82) is 0 Å². The van der Waals surface area contributed by atoms with Gasteiger partial charge >= 0.3 is 0 Å². The van der Waals surface area contributed by atoms with E-state index in [0.29, 0.717) is 19.8 Å². The molecule has 1 aliphatic heterocycles. The summed E-state index contributed by atoms with van der Waals surface area (Å²) in [6.07, 6.45) is 0.860. The normalized spacial score (nSPS) is 20.5. The third kappa shape index (κ3) is 3.36. The predicted molar refractivity (Wildman–Crippen MR) is 67.2 cm³/mol. The monoisotopic (exact) mass is 269 g/mol. The highest BCUT2D eigenvalue weighted by molar-refractivity contribution is 5.97. The fraction of sp³-hybridized carbons (Fsp3) is 0.500. The minimum absolute atomic E-state index is 0.0994. The number of rotatable bonds is 4. The van der Waals surface area contributed by atoms with Crippen LogP contribution in [-0.2, 0) is 4.74 Å². The van der Waals surface area contributed by atoms with E-state index in [2.05, 4.69) is 0 Å². The topological polar surface area (TPSA) is 29.5 Å². The molecule has 1 atom stereocenters. The fourth-order valence-corrected chi connectivity index (χ4v) is 2.25. The Labute approximate surface area is 111 Å². The molecule has 0 amide bonds. The number of hydrogen-bond donors (Lipinski definition) is 0. The molecule has 1 aromatic carbocycles. The lowest BCUT2D eigenvalue weighted by molar-refractivity contribution is -0.00590. The molecule has 2 rings (SSSR count). The first-order chi connectivity index (χ1) is 9.11. The average molecular weight is 269 g/mol.